The lowest BCUT2D eigenvalue weighted by molar-refractivity contribution is -0.119. The van der Waals surface area contributed by atoms with E-state index in [1.54, 1.807) is 4.90 Å². The molecule has 2 aromatic rings. The molecule has 0 aromatic heterocycles. The molecule has 2 saturated heterocycles. The summed E-state index contributed by atoms with van der Waals surface area (Å²) >= 11 is 0. The maximum absolute atomic E-state index is 12.2. The lowest BCUT2D eigenvalue weighted by atomic mass is 10.00. The van der Waals surface area contributed by atoms with Crippen molar-refractivity contribution in [2.45, 2.75) is 25.6 Å². The molecule has 2 amide bonds. The van der Waals surface area contributed by atoms with Gasteiger partial charge in [0.2, 0.25) is 5.91 Å². The first-order valence-electron chi connectivity index (χ1n) is 11.4. The van der Waals surface area contributed by atoms with Gasteiger partial charge in [0.1, 0.15) is 6.10 Å². The van der Waals surface area contributed by atoms with Crippen LogP contribution in [-0.2, 0) is 14.3 Å². The summed E-state index contributed by atoms with van der Waals surface area (Å²) in [5.74, 6) is -0.149. The first-order valence-corrected chi connectivity index (χ1v) is 11.4. The molecule has 0 spiro atoms. The molecule has 0 saturated carbocycles. The van der Waals surface area contributed by atoms with Crippen LogP contribution in [0.5, 0.6) is 0 Å². The van der Waals surface area contributed by atoms with Crippen LogP contribution >= 0.6 is 0 Å². The predicted octanol–water partition coefficient (Wildman–Crippen LogP) is 2.57. The van der Waals surface area contributed by atoms with E-state index in [9.17, 15) is 14.7 Å². The summed E-state index contributed by atoms with van der Waals surface area (Å²) in [6.45, 7) is 6.38. The summed E-state index contributed by atoms with van der Waals surface area (Å²) in [5.41, 5.74) is 3.73. The van der Waals surface area contributed by atoms with Gasteiger partial charge in [-0.1, -0.05) is 36.4 Å². The highest BCUT2D eigenvalue weighted by molar-refractivity contribution is 5.90. The molecule has 2 fully saturated rings. The van der Waals surface area contributed by atoms with Crippen LogP contribution in [0.1, 0.15) is 25.0 Å². The monoisotopic (exact) mass is 453 g/mol. The third-order valence-corrected chi connectivity index (χ3v) is 6.08. The van der Waals surface area contributed by atoms with Crippen LogP contribution in [0.3, 0.4) is 0 Å². The zero-order chi connectivity index (χ0) is 23.2. The number of hydrogen-bond acceptors (Lipinski definition) is 6. The van der Waals surface area contributed by atoms with E-state index in [2.05, 4.69) is 10.2 Å². The minimum absolute atomic E-state index is 0.149. The van der Waals surface area contributed by atoms with E-state index < -0.39 is 12.2 Å². The van der Waals surface area contributed by atoms with Crippen molar-refractivity contribution in [2.24, 2.45) is 0 Å². The standard InChI is InChI=1S/C25H31N3O5/c1-18(29)26-16-23-17-28(25(31)33-23)22-8-6-20(7-9-22)19-2-4-21(5-3-19)24(30)10-11-27-12-14-32-15-13-27/h2-9,23-24,30H,10-17H2,1H3,(H,26,29)/t23-,24?/m0/s1. The van der Waals surface area contributed by atoms with Crippen LogP contribution < -0.4 is 10.2 Å². The van der Waals surface area contributed by atoms with Crippen LogP contribution in [0.15, 0.2) is 48.5 Å². The molecule has 2 aliphatic heterocycles. The summed E-state index contributed by atoms with van der Waals surface area (Å²) in [6.07, 6.45) is -0.559. The van der Waals surface area contributed by atoms with E-state index in [1.807, 2.05) is 48.5 Å². The van der Waals surface area contributed by atoms with Crippen molar-refractivity contribution in [1.29, 1.82) is 0 Å². The second kappa shape index (κ2) is 10.8. The van der Waals surface area contributed by atoms with Gasteiger partial charge in [-0.25, -0.2) is 4.79 Å². The Balaban J connectivity index is 1.33. The fourth-order valence-corrected chi connectivity index (χ4v) is 4.12. The van der Waals surface area contributed by atoms with Crippen molar-refractivity contribution in [3.8, 4) is 11.1 Å². The van der Waals surface area contributed by atoms with Gasteiger partial charge in [-0.2, -0.15) is 0 Å². The molecule has 0 radical (unpaired) electrons. The van der Waals surface area contributed by atoms with Crippen LogP contribution in [0.2, 0.25) is 0 Å². The summed E-state index contributed by atoms with van der Waals surface area (Å²) in [4.78, 5) is 27.2. The van der Waals surface area contributed by atoms with Crippen LogP contribution in [0, 0.1) is 0 Å². The first kappa shape index (κ1) is 23.2. The number of cyclic esters (lactones) is 1. The minimum Gasteiger partial charge on any atom is -0.442 e. The lowest BCUT2D eigenvalue weighted by Gasteiger charge is -2.27. The van der Waals surface area contributed by atoms with Crippen molar-refractivity contribution in [2.75, 3.05) is 50.8 Å². The number of aliphatic hydroxyl groups excluding tert-OH is 1. The summed E-state index contributed by atoms with van der Waals surface area (Å²) in [7, 11) is 0. The van der Waals surface area contributed by atoms with Crippen molar-refractivity contribution in [3.63, 3.8) is 0 Å². The summed E-state index contributed by atoms with van der Waals surface area (Å²) in [5, 5.41) is 13.2. The van der Waals surface area contributed by atoms with E-state index >= 15 is 0 Å². The molecule has 0 bridgehead atoms. The fourth-order valence-electron chi connectivity index (χ4n) is 4.12. The number of nitrogens with zero attached hydrogens (tertiary/aromatic N) is 2. The van der Waals surface area contributed by atoms with Crippen molar-refractivity contribution in [1.82, 2.24) is 10.2 Å². The number of morpholine rings is 1. The number of rotatable bonds is 8. The molecule has 8 heteroatoms. The average Bonchev–Trinajstić information content (AvgIpc) is 3.22. The highest BCUT2D eigenvalue weighted by Crippen LogP contribution is 2.27. The molecule has 2 atom stereocenters. The Kier molecular flexibility index (Phi) is 7.59. The highest BCUT2D eigenvalue weighted by atomic mass is 16.6. The Morgan fingerprint density at radius 3 is 2.36 bits per heavy atom. The number of anilines is 1. The number of carbonyl (C=O) groups is 2. The quantitative estimate of drug-likeness (QED) is 0.639. The second-order valence-electron chi connectivity index (χ2n) is 8.48. The first-order chi connectivity index (χ1) is 16.0. The maximum atomic E-state index is 12.2. The van der Waals surface area contributed by atoms with Crippen molar-refractivity contribution < 1.29 is 24.2 Å². The third kappa shape index (κ3) is 6.10. The molecule has 8 nitrogen and oxygen atoms in total. The Labute approximate surface area is 194 Å². The molecule has 2 aromatic carbocycles. The van der Waals surface area contributed by atoms with Gasteiger partial charge in [-0.3, -0.25) is 14.6 Å². The zero-order valence-electron chi connectivity index (χ0n) is 18.9. The van der Waals surface area contributed by atoms with Crippen LogP contribution in [-0.4, -0.2) is 74.0 Å². The molecule has 1 unspecified atom stereocenters. The third-order valence-electron chi connectivity index (χ3n) is 6.08. The highest BCUT2D eigenvalue weighted by Gasteiger charge is 2.32. The molecule has 2 heterocycles. The topological polar surface area (TPSA) is 91.3 Å². The molecule has 2 N–H and O–H groups in total. The molecule has 33 heavy (non-hydrogen) atoms. The van der Waals surface area contributed by atoms with Gasteiger partial charge in [0.25, 0.3) is 0 Å². The summed E-state index contributed by atoms with van der Waals surface area (Å²) < 4.78 is 10.7. The van der Waals surface area contributed by atoms with Gasteiger partial charge in [-0.15, -0.1) is 0 Å². The summed E-state index contributed by atoms with van der Waals surface area (Å²) in [6, 6.07) is 15.7. The van der Waals surface area contributed by atoms with Crippen LogP contribution in [0.4, 0.5) is 10.5 Å². The van der Waals surface area contributed by atoms with E-state index in [0.29, 0.717) is 19.5 Å². The molecular weight excluding hydrogens is 422 g/mol. The van der Waals surface area contributed by atoms with E-state index in [-0.39, 0.29) is 12.0 Å². The number of nitrogens with one attached hydrogen (secondary N) is 1. The van der Waals surface area contributed by atoms with E-state index in [1.165, 1.54) is 6.92 Å². The number of hydrogen-bond donors (Lipinski definition) is 2. The number of ether oxygens (including phenoxy) is 2. The number of amides is 2. The average molecular weight is 454 g/mol. The second-order valence-corrected chi connectivity index (χ2v) is 8.48. The van der Waals surface area contributed by atoms with Crippen LogP contribution in [0.25, 0.3) is 11.1 Å². The maximum Gasteiger partial charge on any atom is 0.414 e. The number of aliphatic hydroxyl groups is 1. The fraction of sp³-hybridized carbons (Fsp3) is 0.440. The molecule has 2 aliphatic rings. The number of benzene rings is 2. The Hall–Kier alpha value is -2.94. The SMILES string of the molecule is CC(=O)NC[C@H]1CN(c2ccc(-c3ccc(C(O)CCN4CCOCC4)cc3)cc2)C(=O)O1. The van der Waals surface area contributed by atoms with Gasteiger partial charge in [-0.05, 0) is 35.2 Å². The Morgan fingerprint density at radius 1 is 1.09 bits per heavy atom. The van der Waals surface area contributed by atoms with Gasteiger partial charge in [0.05, 0.1) is 32.4 Å². The van der Waals surface area contributed by atoms with Gasteiger partial charge >= 0.3 is 6.09 Å². The Morgan fingerprint density at radius 2 is 1.73 bits per heavy atom. The van der Waals surface area contributed by atoms with Crippen molar-refractivity contribution in [3.05, 3.63) is 54.1 Å². The molecular formula is C25H31N3O5. The van der Waals surface area contributed by atoms with E-state index in [0.717, 1.165) is 55.2 Å². The molecule has 4 rings (SSSR count). The largest absolute Gasteiger partial charge is 0.442 e. The molecule has 176 valence electrons. The van der Waals surface area contributed by atoms with Crippen molar-refractivity contribution >= 4 is 17.7 Å². The normalized spacial score (nSPS) is 19.9. The molecule has 0 aliphatic carbocycles. The smallest absolute Gasteiger partial charge is 0.414 e. The number of carbonyl (C=O) groups excluding carboxylic acids is 2. The predicted molar refractivity (Wildman–Crippen MR) is 125 cm³/mol. The lowest BCUT2D eigenvalue weighted by Crippen LogP contribution is -2.37. The van der Waals surface area contributed by atoms with Gasteiger partial charge in [0, 0.05) is 32.2 Å². The van der Waals surface area contributed by atoms with E-state index in [4.69, 9.17) is 9.47 Å². The zero-order valence-corrected chi connectivity index (χ0v) is 18.9. The van der Waals surface area contributed by atoms with Gasteiger partial charge < -0.3 is 19.9 Å². The Bertz CT molecular complexity index is 942. The minimum atomic E-state index is -0.490. The van der Waals surface area contributed by atoms with Gasteiger partial charge in [0.15, 0.2) is 0 Å².